The van der Waals surface area contributed by atoms with Gasteiger partial charge in [-0.3, -0.25) is 5.32 Å². The first-order valence-electron chi connectivity index (χ1n) is 21.6. The van der Waals surface area contributed by atoms with Gasteiger partial charge in [-0.15, -0.1) is 0 Å². The summed E-state index contributed by atoms with van der Waals surface area (Å²) in [5, 5.41) is 2.23. The third-order valence-electron chi connectivity index (χ3n) is 11.9. The monoisotopic (exact) mass is 827 g/mol. The summed E-state index contributed by atoms with van der Waals surface area (Å²) in [6.07, 6.45) is 15.5. The third kappa shape index (κ3) is 7.86. The molecule has 6 heteroatoms. The molecular formula is C58H43N4O2+. The van der Waals surface area contributed by atoms with Crippen molar-refractivity contribution < 1.29 is 14.2 Å². The Morgan fingerprint density at radius 1 is 0.516 bits per heavy atom. The zero-order chi connectivity index (χ0) is 42.7. The molecule has 0 radical (unpaired) electrons. The number of nitrogens with two attached hydrogens (primary N) is 1. The maximum Gasteiger partial charge on any atom is 0.187 e. The molecule has 3 aliphatic rings. The molecule has 0 aliphatic carbocycles. The van der Waals surface area contributed by atoms with Crippen molar-refractivity contribution >= 4 is 28.3 Å². The van der Waals surface area contributed by atoms with Crippen molar-refractivity contribution in [1.82, 2.24) is 4.98 Å². The molecule has 0 bridgehead atoms. The number of benzene rings is 5. The molecule has 0 amide bonds. The predicted molar refractivity (Wildman–Crippen MR) is 258 cm³/mol. The first kappa shape index (κ1) is 38.6. The number of aromatic nitrogens is 1. The molecule has 0 spiro atoms. The van der Waals surface area contributed by atoms with Gasteiger partial charge in [0.15, 0.2) is 17.2 Å². The Bertz CT molecular complexity index is 3210. The maximum absolute atomic E-state index is 5.84. The molecule has 0 saturated heterocycles. The van der Waals surface area contributed by atoms with Gasteiger partial charge in [0.05, 0.1) is 35.3 Å². The molecule has 306 valence electrons. The lowest BCUT2D eigenvalue weighted by atomic mass is 9.92. The van der Waals surface area contributed by atoms with Crippen LogP contribution in [-0.2, 0) is 12.8 Å². The van der Waals surface area contributed by atoms with Crippen LogP contribution in [0.4, 0.5) is 0 Å². The highest BCUT2D eigenvalue weighted by molar-refractivity contribution is 6.18. The van der Waals surface area contributed by atoms with Crippen LogP contribution < -0.4 is 5.32 Å². The van der Waals surface area contributed by atoms with E-state index in [-0.39, 0.29) is 0 Å². The summed E-state index contributed by atoms with van der Waals surface area (Å²) in [5.41, 5.74) is 19.2. The van der Waals surface area contributed by atoms with Crippen LogP contribution in [0, 0.1) is 0 Å². The second-order valence-electron chi connectivity index (χ2n) is 16.0. The molecule has 3 aromatic heterocycles. The standard InChI is InChI=1S/C58H42N4O2/c1-5-15-41(16-6-1)45-37-53(43-19-9-3-10-20-43)61-57(45)47(49-29-31-51(59-49)55-23-13-33-63-55)35-39-25-27-40(28-26-39)36-48(50-30-32-52(60-50)56-24-14-34-64-56)58-46(42-17-7-2-8-18-42)38-54(62-58)44-21-11-4-12-22-44/h1-34,37-38,59,62H,35-36H2/p+1. The van der Waals surface area contributed by atoms with Crippen molar-refractivity contribution in [3.63, 3.8) is 0 Å². The summed E-state index contributed by atoms with van der Waals surface area (Å²) in [4.78, 5) is 14.5. The second-order valence-corrected chi connectivity index (χ2v) is 16.0. The number of hydrogen-bond acceptors (Lipinski definition) is 4. The Labute approximate surface area is 372 Å². The highest BCUT2D eigenvalue weighted by Gasteiger charge is 2.29. The van der Waals surface area contributed by atoms with Gasteiger partial charge < -0.3 is 13.8 Å². The fourth-order valence-electron chi connectivity index (χ4n) is 8.69. The zero-order valence-corrected chi connectivity index (χ0v) is 35.0. The quantitative estimate of drug-likeness (QED) is 0.129. The van der Waals surface area contributed by atoms with Crippen molar-refractivity contribution in [2.45, 2.75) is 12.8 Å². The SMILES string of the molecule is C1=CC(=C(Cc2ccc(CC(C3=CC=C(c4ccco4)[NH2+]3)=C3N=C(c4ccccc4)C=C3c3ccccc3)cc2)c2[nH]c(-c3ccccc3)cc2-c2ccccc2)N=C1c1ccco1. The molecule has 5 aromatic carbocycles. The number of hydrogen-bond donors (Lipinski definition) is 2. The molecule has 0 atom stereocenters. The lowest BCUT2D eigenvalue weighted by molar-refractivity contribution is -0.502. The maximum atomic E-state index is 5.84. The summed E-state index contributed by atoms with van der Waals surface area (Å²) in [7, 11) is 0. The van der Waals surface area contributed by atoms with Crippen LogP contribution in [0.1, 0.15) is 39.5 Å². The number of furan rings is 2. The smallest absolute Gasteiger partial charge is 0.187 e. The van der Waals surface area contributed by atoms with E-state index in [0.717, 1.165) is 102 Å². The number of aromatic amines is 1. The van der Waals surface area contributed by atoms with Crippen molar-refractivity contribution in [2.75, 3.05) is 0 Å². The van der Waals surface area contributed by atoms with Gasteiger partial charge in [0, 0.05) is 58.5 Å². The summed E-state index contributed by atoms with van der Waals surface area (Å²) >= 11 is 0. The van der Waals surface area contributed by atoms with E-state index in [9.17, 15) is 0 Å². The van der Waals surface area contributed by atoms with Crippen molar-refractivity contribution in [3.05, 3.63) is 281 Å². The van der Waals surface area contributed by atoms with Crippen LogP contribution in [0.5, 0.6) is 0 Å². The first-order chi connectivity index (χ1) is 31.7. The van der Waals surface area contributed by atoms with Gasteiger partial charge in [0.1, 0.15) is 11.4 Å². The van der Waals surface area contributed by atoms with E-state index in [2.05, 4.69) is 180 Å². The number of nitrogens with zero attached hydrogens (tertiary/aromatic N) is 2. The van der Waals surface area contributed by atoms with Crippen LogP contribution >= 0.6 is 0 Å². The molecule has 3 N–H and O–H groups in total. The topological polar surface area (TPSA) is 83.4 Å². The van der Waals surface area contributed by atoms with Gasteiger partial charge in [-0.1, -0.05) is 146 Å². The lowest BCUT2D eigenvalue weighted by Crippen LogP contribution is -2.77. The van der Waals surface area contributed by atoms with Crippen LogP contribution in [-0.4, -0.2) is 16.4 Å². The first-order valence-corrected chi connectivity index (χ1v) is 21.6. The second kappa shape index (κ2) is 17.2. The molecular weight excluding hydrogens is 785 g/mol. The highest BCUT2D eigenvalue weighted by atomic mass is 16.3. The van der Waals surface area contributed by atoms with E-state index < -0.39 is 0 Å². The average molecular weight is 828 g/mol. The molecule has 64 heavy (non-hydrogen) atoms. The minimum Gasteiger partial charge on any atom is -0.463 e. The Morgan fingerprint density at radius 3 is 1.75 bits per heavy atom. The molecule has 0 fully saturated rings. The van der Waals surface area contributed by atoms with Crippen molar-refractivity contribution in [1.29, 1.82) is 0 Å². The number of quaternary nitrogens is 1. The molecule has 6 nitrogen and oxygen atoms in total. The molecule has 3 aliphatic heterocycles. The van der Waals surface area contributed by atoms with Gasteiger partial charge in [0.25, 0.3) is 0 Å². The van der Waals surface area contributed by atoms with E-state index in [1.54, 1.807) is 12.5 Å². The minimum atomic E-state index is 0.651. The summed E-state index contributed by atoms with van der Waals surface area (Å²) in [6.45, 7) is 0. The van der Waals surface area contributed by atoms with Gasteiger partial charge in [-0.05, 0) is 76.4 Å². The van der Waals surface area contributed by atoms with E-state index in [1.165, 1.54) is 11.1 Å². The fraction of sp³-hybridized carbons (Fsp3) is 0.0345. The lowest BCUT2D eigenvalue weighted by Gasteiger charge is -2.15. The molecule has 11 rings (SSSR count). The number of nitrogens with one attached hydrogen (secondary N) is 1. The largest absolute Gasteiger partial charge is 0.463 e. The molecule has 8 aromatic rings. The van der Waals surface area contributed by atoms with Crippen LogP contribution in [0.25, 0.3) is 39.2 Å². The van der Waals surface area contributed by atoms with Gasteiger partial charge in [-0.25, -0.2) is 9.98 Å². The van der Waals surface area contributed by atoms with Gasteiger partial charge in [-0.2, -0.15) is 0 Å². The summed E-state index contributed by atoms with van der Waals surface area (Å²) < 4.78 is 11.6. The predicted octanol–water partition coefficient (Wildman–Crippen LogP) is 12.4. The number of allylic oxidation sites excluding steroid dienone is 8. The van der Waals surface area contributed by atoms with Crippen LogP contribution in [0.15, 0.2) is 260 Å². The number of H-pyrrole nitrogens is 1. The Balaban J connectivity index is 0.986. The van der Waals surface area contributed by atoms with Crippen molar-refractivity contribution in [3.8, 4) is 22.4 Å². The average Bonchev–Trinajstić information content (AvgIpc) is 4.22. The van der Waals surface area contributed by atoms with Gasteiger partial charge >= 0.3 is 0 Å². The number of aliphatic imine (C=N–C) groups is 2. The van der Waals surface area contributed by atoms with E-state index in [0.29, 0.717) is 12.8 Å². The van der Waals surface area contributed by atoms with E-state index in [4.69, 9.17) is 18.8 Å². The van der Waals surface area contributed by atoms with Crippen molar-refractivity contribution in [2.24, 2.45) is 9.98 Å². The third-order valence-corrected chi connectivity index (χ3v) is 11.9. The Hall–Kier alpha value is -8.32. The molecule has 0 unspecified atom stereocenters. The van der Waals surface area contributed by atoms with Crippen LogP contribution in [0.2, 0.25) is 0 Å². The Kier molecular flexibility index (Phi) is 10.4. The molecule has 0 saturated carbocycles. The minimum absolute atomic E-state index is 0.651. The van der Waals surface area contributed by atoms with E-state index in [1.807, 2.05) is 36.4 Å². The normalized spacial score (nSPS) is 16.0. The summed E-state index contributed by atoms with van der Waals surface area (Å²) in [6, 6.07) is 61.2. The summed E-state index contributed by atoms with van der Waals surface area (Å²) in [5.74, 6) is 1.59. The number of rotatable bonds is 12. The molecule has 6 heterocycles. The zero-order valence-electron chi connectivity index (χ0n) is 35.0. The Morgan fingerprint density at radius 2 is 1.11 bits per heavy atom. The highest BCUT2D eigenvalue weighted by Crippen LogP contribution is 2.39. The van der Waals surface area contributed by atoms with Crippen LogP contribution in [0.3, 0.4) is 0 Å². The van der Waals surface area contributed by atoms with Gasteiger partial charge in [0.2, 0.25) is 0 Å². The van der Waals surface area contributed by atoms with E-state index >= 15 is 0 Å². The fourth-order valence-corrected chi connectivity index (χ4v) is 8.69.